The predicted octanol–water partition coefficient (Wildman–Crippen LogP) is 2.51. The number of carbonyl (C=O) groups is 1. The fourth-order valence-corrected chi connectivity index (χ4v) is 4.41. The highest BCUT2D eigenvalue weighted by atomic mass is 79.9. The number of hydrogen-bond donors (Lipinski definition) is 2. The van der Waals surface area contributed by atoms with Crippen LogP contribution < -0.4 is 5.32 Å². The normalized spacial score (nSPS) is 31.5. The lowest BCUT2D eigenvalue weighted by Crippen LogP contribution is -2.45. The minimum Gasteiger partial charge on any atom is -0.396 e. The number of nitrogens with one attached hydrogen (secondary N) is 1. The van der Waals surface area contributed by atoms with Crippen LogP contribution in [0.15, 0.2) is 28.7 Å². The van der Waals surface area contributed by atoms with Crippen LogP contribution in [-0.2, 0) is 11.2 Å². The van der Waals surface area contributed by atoms with Crippen LogP contribution in [0.1, 0.15) is 24.8 Å². The first-order chi connectivity index (χ1) is 9.67. The molecule has 4 atom stereocenters. The van der Waals surface area contributed by atoms with Crippen molar-refractivity contribution >= 4 is 21.8 Å². The minimum atomic E-state index is 0.0686. The van der Waals surface area contributed by atoms with Gasteiger partial charge >= 0.3 is 0 Å². The number of fused-ring (bicyclic) bond motifs is 2. The Labute approximate surface area is 127 Å². The highest BCUT2D eigenvalue weighted by molar-refractivity contribution is 9.10. The highest BCUT2D eigenvalue weighted by Crippen LogP contribution is 2.48. The smallest absolute Gasteiger partial charge is 0.224 e. The van der Waals surface area contributed by atoms with E-state index in [2.05, 4.69) is 21.2 Å². The summed E-state index contributed by atoms with van der Waals surface area (Å²) < 4.78 is 0.996. The molecular formula is C16H20BrNO2. The van der Waals surface area contributed by atoms with Crippen molar-refractivity contribution in [1.82, 2.24) is 5.32 Å². The molecule has 0 aliphatic heterocycles. The molecule has 0 spiro atoms. The fraction of sp³-hybridized carbons (Fsp3) is 0.562. The molecule has 2 bridgehead atoms. The summed E-state index contributed by atoms with van der Waals surface area (Å²) in [5, 5.41) is 12.7. The van der Waals surface area contributed by atoms with Crippen LogP contribution in [0.5, 0.6) is 0 Å². The summed E-state index contributed by atoms with van der Waals surface area (Å²) in [6.45, 7) is 0.197. The summed E-state index contributed by atoms with van der Waals surface area (Å²) in [4.78, 5) is 12.2. The first-order valence-electron chi connectivity index (χ1n) is 7.32. The molecule has 0 aromatic heterocycles. The molecule has 2 fully saturated rings. The Balaban J connectivity index is 1.61. The zero-order valence-corrected chi connectivity index (χ0v) is 13.0. The lowest BCUT2D eigenvalue weighted by Gasteiger charge is -2.30. The first-order valence-corrected chi connectivity index (χ1v) is 8.11. The molecule has 0 heterocycles. The van der Waals surface area contributed by atoms with Gasteiger partial charge in [-0.1, -0.05) is 28.1 Å². The number of benzene rings is 1. The molecule has 2 saturated carbocycles. The molecule has 1 amide bonds. The first kappa shape index (κ1) is 14.1. The van der Waals surface area contributed by atoms with Crippen LogP contribution in [0, 0.1) is 17.8 Å². The summed E-state index contributed by atoms with van der Waals surface area (Å²) in [6, 6.07) is 8.02. The second kappa shape index (κ2) is 5.86. The molecule has 108 valence electrons. The average molecular weight is 338 g/mol. The molecule has 0 radical (unpaired) electrons. The Hall–Kier alpha value is -0.870. The van der Waals surface area contributed by atoms with Gasteiger partial charge in [-0.15, -0.1) is 0 Å². The SMILES string of the molecule is O=C(Cc1cccc(Br)c1)NC1C2CCC(C2)C1CO. The summed E-state index contributed by atoms with van der Waals surface area (Å²) in [7, 11) is 0. The van der Waals surface area contributed by atoms with Gasteiger partial charge in [0.05, 0.1) is 6.42 Å². The maximum atomic E-state index is 12.2. The Kier molecular flexibility index (Phi) is 4.13. The Morgan fingerprint density at radius 3 is 2.90 bits per heavy atom. The van der Waals surface area contributed by atoms with E-state index in [-0.39, 0.29) is 24.5 Å². The van der Waals surface area contributed by atoms with Gasteiger partial charge in [0, 0.05) is 23.0 Å². The molecule has 1 aromatic rings. The summed E-state index contributed by atoms with van der Waals surface area (Å²) >= 11 is 3.42. The van der Waals surface area contributed by atoms with E-state index >= 15 is 0 Å². The molecule has 3 nitrogen and oxygen atoms in total. The van der Waals surface area contributed by atoms with Crippen molar-refractivity contribution in [2.24, 2.45) is 17.8 Å². The third kappa shape index (κ3) is 2.77. The Morgan fingerprint density at radius 2 is 2.15 bits per heavy atom. The lowest BCUT2D eigenvalue weighted by molar-refractivity contribution is -0.122. The van der Waals surface area contributed by atoms with Gasteiger partial charge in [0.1, 0.15) is 0 Å². The van der Waals surface area contributed by atoms with Crippen LogP contribution in [0.2, 0.25) is 0 Å². The largest absolute Gasteiger partial charge is 0.396 e. The molecule has 4 unspecified atom stereocenters. The number of carbonyl (C=O) groups excluding carboxylic acids is 1. The van der Waals surface area contributed by atoms with Crippen LogP contribution in [0.3, 0.4) is 0 Å². The summed E-state index contributed by atoms with van der Waals surface area (Å²) in [5.74, 6) is 1.52. The van der Waals surface area contributed by atoms with E-state index < -0.39 is 0 Å². The van der Waals surface area contributed by atoms with Crippen molar-refractivity contribution in [3.05, 3.63) is 34.3 Å². The van der Waals surface area contributed by atoms with Gasteiger partial charge < -0.3 is 10.4 Å². The number of aliphatic hydroxyl groups is 1. The standard InChI is InChI=1S/C16H20BrNO2/c17-13-3-1-2-10(6-13)7-15(20)18-16-12-5-4-11(8-12)14(16)9-19/h1-3,6,11-12,14,16,19H,4-5,7-9H2,(H,18,20). The number of hydrogen-bond acceptors (Lipinski definition) is 2. The van der Waals surface area contributed by atoms with Gasteiger partial charge in [0.15, 0.2) is 0 Å². The average Bonchev–Trinajstić information content (AvgIpc) is 2.99. The Bertz CT molecular complexity index is 505. The molecule has 2 N–H and O–H groups in total. The topological polar surface area (TPSA) is 49.3 Å². The van der Waals surface area contributed by atoms with E-state index in [0.29, 0.717) is 18.3 Å². The van der Waals surface area contributed by atoms with Crippen LogP contribution >= 0.6 is 15.9 Å². The number of amides is 1. The number of halogens is 1. The van der Waals surface area contributed by atoms with Crippen molar-refractivity contribution in [2.45, 2.75) is 31.7 Å². The zero-order valence-electron chi connectivity index (χ0n) is 11.4. The quantitative estimate of drug-likeness (QED) is 0.886. The summed E-state index contributed by atoms with van der Waals surface area (Å²) in [6.07, 6.45) is 4.00. The van der Waals surface area contributed by atoms with E-state index in [1.807, 2.05) is 24.3 Å². The van der Waals surface area contributed by atoms with Gasteiger partial charge in [-0.3, -0.25) is 4.79 Å². The molecule has 20 heavy (non-hydrogen) atoms. The molecule has 1 aromatic carbocycles. The molecule has 2 aliphatic rings. The lowest BCUT2D eigenvalue weighted by atomic mass is 9.85. The molecule has 4 heteroatoms. The van der Waals surface area contributed by atoms with Crippen LogP contribution in [0.25, 0.3) is 0 Å². The van der Waals surface area contributed by atoms with E-state index in [1.54, 1.807) is 0 Å². The molecular weight excluding hydrogens is 318 g/mol. The Morgan fingerprint density at radius 1 is 1.35 bits per heavy atom. The van der Waals surface area contributed by atoms with Crippen molar-refractivity contribution in [2.75, 3.05) is 6.61 Å². The van der Waals surface area contributed by atoms with Crippen molar-refractivity contribution in [3.63, 3.8) is 0 Å². The van der Waals surface area contributed by atoms with Crippen LogP contribution in [-0.4, -0.2) is 23.7 Å². The molecule has 0 saturated heterocycles. The third-order valence-electron chi connectivity index (χ3n) is 4.88. The predicted molar refractivity (Wildman–Crippen MR) is 81.2 cm³/mol. The monoisotopic (exact) mass is 337 g/mol. The fourth-order valence-electron chi connectivity index (χ4n) is 3.97. The van der Waals surface area contributed by atoms with Crippen LogP contribution in [0.4, 0.5) is 0 Å². The summed E-state index contributed by atoms with van der Waals surface area (Å²) in [5.41, 5.74) is 1.01. The van der Waals surface area contributed by atoms with Gasteiger partial charge in [-0.25, -0.2) is 0 Å². The minimum absolute atomic E-state index is 0.0686. The van der Waals surface area contributed by atoms with Gasteiger partial charge in [-0.05, 0) is 48.8 Å². The molecule has 2 aliphatic carbocycles. The zero-order chi connectivity index (χ0) is 14.1. The van der Waals surface area contributed by atoms with E-state index in [0.717, 1.165) is 10.0 Å². The van der Waals surface area contributed by atoms with Crippen molar-refractivity contribution in [3.8, 4) is 0 Å². The van der Waals surface area contributed by atoms with Gasteiger partial charge in [0.2, 0.25) is 5.91 Å². The molecule has 3 rings (SSSR count). The third-order valence-corrected chi connectivity index (χ3v) is 5.37. The maximum Gasteiger partial charge on any atom is 0.224 e. The van der Waals surface area contributed by atoms with E-state index in [9.17, 15) is 9.90 Å². The van der Waals surface area contributed by atoms with E-state index in [4.69, 9.17) is 0 Å². The van der Waals surface area contributed by atoms with Crippen molar-refractivity contribution in [1.29, 1.82) is 0 Å². The van der Waals surface area contributed by atoms with E-state index in [1.165, 1.54) is 19.3 Å². The number of aliphatic hydroxyl groups excluding tert-OH is 1. The number of rotatable bonds is 4. The van der Waals surface area contributed by atoms with Gasteiger partial charge in [-0.2, -0.15) is 0 Å². The van der Waals surface area contributed by atoms with Crippen molar-refractivity contribution < 1.29 is 9.90 Å². The second-order valence-electron chi connectivity index (χ2n) is 6.08. The second-order valence-corrected chi connectivity index (χ2v) is 7.00. The maximum absolute atomic E-state index is 12.2. The highest BCUT2D eigenvalue weighted by Gasteiger charge is 2.47. The van der Waals surface area contributed by atoms with Gasteiger partial charge in [0.25, 0.3) is 0 Å².